The second kappa shape index (κ2) is 38.7. The first-order chi connectivity index (χ1) is 49.5. The fourth-order valence-corrected chi connectivity index (χ4v) is 11.5. The fourth-order valence-electron chi connectivity index (χ4n) is 11.5. The summed E-state index contributed by atoms with van der Waals surface area (Å²) in [6.07, 6.45) is 4.23. The number of nitrogen functional groups attached to an aromatic ring is 1. The van der Waals surface area contributed by atoms with E-state index >= 15 is 0 Å². The third-order valence-corrected chi connectivity index (χ3v) is 17.1. The first kappa shape index (κ1) is 76.1. The third-order valence-electron chi connectivity index (χ3n) is 17.1. The number of methoxy groups -OCH3 is 2. The number of nitrogens with zero attached hydrogens (tertiary/aromatic N) is 7. The van der Waals surface area contributed by atoms with Crippen LogP contribution in [0.2, 0.25) is 0 Å². The number of fused-ring (bicyclic) bond motifs is 2. The number of H-pyrrole nitrogens is 1. The highest BCUT2D eigenvalue weighted by Crippen LogP contribution is 2.36. The number of allylic oxidation sites excluding steroid dienone is 4. The standard InChI is InChI=1S/C74H93N13O15/c1-7-48(2)43-62-50(4)76-26-32-97-40-41-99-34-29-85(28-33-98-39-37-95-5)60-20-11-49(3)44-63(60)101-36-31-86(30-35-100-62)61-21-12-51(45-64(61)102-42-38-96-6)23-24-77-58-18-17-57-66-55(58)9-8-10-56(66)71(91)87(72(57)92)27-25-78-65(88)22-19-59(73(93)94)82-69(89)52-13-15-53(16-14-52)79-46-54-47-80-68-67(81-54)70(90)84-74(75)83-68/h7-18,20-21,43-45,47,59,69,77,79,82,89H,19,22-42,46H2,1-6H3,(H,78,88)(H,93,94)(H3,75,80,83,84,90)/b48-7?,62-43+,76-50?. The van der Waals surface area contributed by atoms with Gasteiger partial charge in [-0.25, -0.2) is 9.97 Å². The maximum Gasteiger partial charge on any atom is 0.320 e. The van der Waals surface area contributed by atoms with E-state index in [0.29, 0.717) is 169 Å². The average Bonchev–Trinajstić information content (AvgIpc) is 0.741. The molecule has 2 aromatic heterocycles. The number of aliphatic hydroxyl groups is 1. The molecule has 2 aliphatic rings. The average molecular weight is 1400 g/mol. The lowest BCUT2D eigenvalue weighted by atomic mass is 9.93. The van der Waals surface area contributed by atoms with E-state index in [9.17, 15) is 34.2 Å². The Labute approximate surface area is 592 Å². The first-order valence-corrected chi connectivity index (χ1v) is 34.2. The number of carboxylic acids is 1. The number of nitrogens with two attached hydrogens (primary N) is 1. The van der Waals surface area contributed by atoms with Gasteiger partial charge in [0.15, 0.2) is 11.2 Å². The molecule has 2 atom stereocenters. The molecule has 544 valence electrons. The predicted molar refractivity (Wildman–Crippen MR) is 390 cm³/mol. The number of benzene rings is 5. The highest BCUT2D eigenvalue weighted by Gasteiger charge is 2.34. The number of ether oxygens (including phenoxy) is 8. The monoisotopic (exact) mass is 1400 g/mol. The molecule has 28 nitrogen and oxygen atoms in total. The molecule has 0 radical (unpaired) electrons. The van der Waals surface area contributed by atoms with Gasteiger partial charge in [-0.1, -0.05) is 48.0 Å². The number of amides is 3. The molecule has 28 heteroatoms. The van der Waals surface area contributed by atoms with Crippen molar-refractivity contribution in [2.24, 2.45) is 4.99 Å². The highest BCUT2D eigenvalue weighted by atomic mass is 16.5. The number of rotatable bonds is 29. The van der Waals surface area contributed by atoms with Crippen LogP contribution in [0, 0.1) is 6.92 Å². The maximum atomic E-state index is 14.1. The molecular weight excluding hydrogens is 1310 g/mol. The van der Waals surface area contributed by atoms with Gasteiger partial charge in [-0.3, -0.25) is 44.2 Å². The number of carbonyl (C=O) groups is 4. The quantitative estimate of drug-likeness (QED) is 0.0133. The molecule has 0 spiro atoms. The van der Waals surface area contributed by atoms with Crippen molar-refractivity contribution < 1.29 is 67.3 Å². The molecule has 3 amide bonds. The van der Waals surface area contributed by atoms with Crippen molar-refractivity contribution in [2.45, 2.75) is 65.8 Å². The number of aromatic amines is 1. The van der Waals surface area contributed by atoms with Gasteiger partial charge in [-0.05, 0) is 118 Å². The van der Waals surface area contributed by atoms with Crippen LogP contribution < -0.4 is 51.8 Å². The summed E-state index contributed by atoms with van der Waals surface area (Å²) in [6.45, 7) is 15.5. The molecule has 7 aromatic rings. The molecule has 5 aromatic carbocycles. The minimum Gasteiger partial charge on any atom is -0.490 e. The molecule has 4 heterocycles. The third kappa shape index (κ3) is 21.5. The van der Waals surface area contributed by atoms with Crippen molar-refractivity contribution in [1.29, 1.82) is 0 Å². The van der Waals surface area contributed by atoms with Gasteiger partial charge in [0.05, 0.1) is 108 Å². The Morgan fingerprint density at radius 2 is 1.55 bits per heavy atom. The van der Waals surface area contributed by atoms with E-state index in [1.807, 2.05) is 58.0 Å². The number of hydrogen-bond donors (Lipinski definition) is 8. The second-order valence-electron chi connectivity index (χ2n) is 24.3. The molecule has 2 aliphatic heterocycles. The summed E-state index contributed by atoms with van der Waals surface area (Å²) in [5.41, 5.74) is 13.7. The molecule has 2 unspecified atom stereocenters. The minimum absolute atomic E-state index is 0.0401. The number of aromatic nitrogens is 4. The molecule has 9 rings (SSSR count). The molecule has 0 saturated heterocycles. The van der Waals surface area contributed by atoms with Gasteiger partial charge in [0.1, 0.15) is 49.3 Å². The summed E-state index contributed by atoms with van der Waals surface area (Å²) in [5.74, 6) is -0.851. The smallest absolute Gasteiger partial charge is 0.320 e. The molecule has 0 aliphatic carbocycles. The lowest BCUT2D eigenvalue weighted by Crippen LogP contribution is -2.45. The van der Waals surface area contributed by atoms with Crippen LogP contribution in [0.4, 0.5) is 28.7 Å². The predicted octanol–water partition coefficient (Wildman–Crippen LogP) is 7.00. The van der Waals surface area contributed by atoms with E-state index in [1.54, 1.807) is 56.7 Å². The number of aliphatic carboxylic acids is 1. The van der Waals surface area contributed by atoms with E-state index in [2.05, 4.69) is 81.3 Å². The zero-order valence-corrected chi connectivity index (χ0v) is 58.7. The van der Waals surface area contributed by atoms with Gasteiger partial charge in [0, 0.05) is 86.6 Å². The summed E-state index contributed by atoms with van der Waals surface area (Å²) >= 11 is 0. The van der Waals surface area contributed by atoms with E-state index in [1.165, 1.54) is 6.20 Å². The van der Waals surface area contributed by atoms with Crippen molar-refractivity contribution >= 4 is 80.0 Å². The zero-order valence-electron chi connectivity index (χ0n) is 58.7. The summed E-state index contributed by atoms with van der Waals surface area (Å²) in [7, 11) is 3.29. The van der Waals surface area contributed by atoms with Crippen LogP contribution in [0.5, 0.6) is 11.5 Å². The Morgan fingerprint density at radius 1 is 0.794 bits per heavy atom. The minimum atomic E-state index is -1.40. The van der Waals surface area contributed by atoms with Crippen molar-refractivity contribution in [3.63, 3.8) is 0 Å². The van der Waals surface area contributed by atoms with Crippen molar-refractivity contribution in [3.8, 4) is 11.5 Å². The van der Waals surface area contributed by atoms with E-state index in [0.717, 1.165) is 50.1 Å². The Kier molecular flexibility index (Phi) is 28.8. The van der Waals surface area contributed by atoms with Crippen LogP contribution in [0.25, 0.3) is 21.9 Å². The Morgan fingerprint density at radius 3 is 2.32 bits per heavy atom. The topological polar surface area (TPSA) is 350 Å². The van der Waals surface area contributed by atoms with Crippen LogP contribution in [-0.2, 0) is 51.0 Å². The van der Waals surface area contributed by atoms with Gasteiger partial charge >= 0.3 is 5.97 Å². The largest absolute Gasteiger partial charge is 0.490 e. The summed E-state index contributed by atoms with van der Waals surface area (Å²) in [6, 6.07) is 26.5. The Bertz CT molecular complexity index is 4130. The van der Waals surface area contributed by atoms with Gasteiger partial charge in [0.25, 0.3) is 17.4 Å². The highest BCUT2D eigenvalue weighted by molar-refractivity contribution is 6.26. The van der Waals surface area contributed by atoms with Gasteiger partial charge < -0.3 is 79.6 Å². The summed E-state index contributed by atoms with van der Waals surface area (Å²) in [5, 5.41) is 34.3. The number of anilines is 5. The number of aryl methyl sites for hydroxylation is 1. The van der Waals surface area contributed by atoms with Gasteiger partial charge in [-0.15, -0.1) is 0 Å². The number of aliphatic imine (C=N–C) groups is 1. The van der Waals surface area contributed by atoms with Crippen molar-refractivity contribution in [2.75, 3.05) is 165 Å². The molecule has 0 bridgehead atoms. The number of imide groups is 1. The number of hydrogen-bond acceptors (Lipinski definition) is 24. The normalized spacial score (nSPS) is 15.6. The summed E-state index contributed by atoms with van der Waals surface area (Å²) < 4.78 is 48.5. The Balaban J connectivity index is 0.822. The van der Waals surface area contributed by atoms with E-state index in [4.69, 9.17) is 48.6 Å². The zero-order chi connectivity index (χ0) is 72.3. The first-order valence-electron chi connectivity index (χ1n) is 34.2. The molecule has 0 fully saturated rings. The van der Waals surface area contributed by atoms with Crippen LogP contribution in [0.3, 0.4) is 0 Å². The Hall–Kier alpha value is -10.1. The SMILES string of the molecule is CC=C(C)/C=C1/OCCN(c2ccc(CCNc3ccc4c5c(cccc35)C(=O)N(CCNC(=O)CCC(NC(O)c3ccc(NCc5cnc6nc(N)[nH]c(=O)c6n5)cc3)C(=O)O)C4=O)cc2OCCOC)CCOc2cc(C)ccc2N(CCOCCOC)CCOCCOCCN=C1C. The lowest BCUT2D eigenvalue weighted by Gasteiger charge is -2.29. The molecule has 9 N–H and O–H groups in total. The van der Waals surface area contributed by atoms with Crippen molar-refractivity contribution in [3.05, 3.63) is 165 Å². The number of carbonyl (C=O) groups excluding carboxylic acids is 3. The van der Waals surface area contributed by atoms with Crippen LogP contribution in [0.1, 0.15) is 82.9 Å². The molecular formula is C74H93N13O15. The summed E-state index contributed by atoms with van der Waals surface area (Å²) in [4.78, 5) is 91.2. The van der Waals surface area contributed by atoms with Crippen molar-refractivity contribution in [1.82, 2.24) is 35.5 Å². The lowest BCUT2D eigenvalue weighted by molar-refractivity contribution is -0.141. The second-order valence-corrected chi connectivity index (χ2v) is 24.3. The number of carboxylic acid groups (broad SMARTS) is 1. The van der Waals surface area contributed by atoms with Gasteiger partial charge in [-0.2, -0.15) is 4.98 Å². The van der Waals surface area contributed by atoms with Gasteiger partial charge in [0.2, 0.25) is 11.9 Å². The number of aliphatic hydroxyl groups excluding tert-OH is 1. The maximum absolute atomic E-state index is 14.1. The molecule has 102 heavy (non-hydrogen) atoms. The van der Waals surface area contributed by atoms with Crippen LogP contribution in [0.15, 0.2) is 130 Å². The van der Waals surface area contributed by atoms with Crippen LogP contribution in [-0.4, -0.2) is 210 Å². The molecule has 0 saturated carbocycles. The van der Waals surface area contributed by atoms with E-state index < -0.39 is 41.5 Å². The van der Waals surface area contributed by atoms with Crippen LogP contribution >= 0.6 is 0 Å². The fraction of sp³-hybridized carbons (Fsp3) is 0.419. The number of nitrogens with one attached hydrogen (secondary N) is 5. The van der Waals surface area contributed by atoms with E-state index in [-0.39, 0.29) is 49.6 Å².